The van der Waals surface area contributed by atoms with Gasteiger partial charge in [0, 0.05) is 35.8 Å². The Morgan fingerprint density at radius 2 is 2.04 bits per heavy atom. The number of aryl methyl sites for hydroxylation is 1. The van der Waals surface area contributed by atoms with E-state index in [4.69, 9.17) is 0 Å². The number of nitrogens with zero attached hydrogens (tertiary/aromatic N) is 1. The van der Waals surface area contributed by atoms with Crippen molar-refractivity contribution in [2.45, 2.75) is 30.7 Å². The van der Waals surface area contributed by atoms with Crippen molar-refractivity contribution in [1.29, 1.82) is 0 Å². The van der Waals surface area contributed by atoms with Crippen molar-refractivity contribution in [1.82, 2.24) is 5.32 Å². The predicted molar refractivity (Wildman–Crippen MR) is 102 cm³/mol. The Kier molecular flexibility index (Phi) is 5.46. The number of hydrogen-bond acceptors (Lipinski definition) is 3. The standard InChI is InChI=1S/C20H24N2OS/c1-15(8-9-16-6-4-3-5-7-16)21-20(23)17-10-11-19-18(14-17)22(2)12-13-24-19/h3-7,10-11,14-15H,8-9,12-13H2,1-2H3,(H,21,23)/t15-/m0/s1. The molecule has 3 nitrogen and oxygen atoms in total. The molecular weight excluding hydrogens is 316 g/mol. The van der Waals surface area contributed by atoms with Gasteiger partial charge in [0.25, 0.3) is 5.91 Å². The van der Waals surface area contributed by atoms with Gasteiger partial charge in [-0.05, 0) is 43.5 Å². The molecule has 0 saturated heterocycles. The highest BCUT2D eigenvalue weighted by molar-refractivity contribution is 7.99. The number of anilines is 1. The SMILES string of the molecule is C[C@@H](CCc1ccccc1)NC(=O)c1ccc2c(c1)N(C)CCS2. The number of carbonyl (C=O) groups excluding carboxylic acids is 1. The van der Waals surface area contributed by atoms with E-state index in [9.17, 15) is 4.79 Å². The zero-order valence-corrected chi connectivity index (χ0v) is 15.1. The second-order valence-corrected chi connectivity index (χ2v) is 7.49. The summed E-state index contributed by atoms with van der Waals surface area (Å²) in [5.74, 6) is 1.12. The van der Waals surface area contributed by atoms with Gasteiger partial charge in [-0.3, -0.25) is 4.79 Å². The van der Waals surface area contributed by atoms with Gasteiger partial charge in [0.15, 0.2) is 0 Å². The molecule has 2 aromatic rings. The quantitative estimate of drug-likeness (QED) is 0.893. The van der Waals surface area contributed by atoms with E-state index in [-0.39, 0.29) is 11.9 Å². The van der Waals surface area contributed by atoms with Gasteiger partial charge in [0.05, 0.1) is 5.69 Å². The molecule has 0 unspecified atom stereocenters. The number of rotatable bonds is 5. The molecule has 1 atom stereocenters. The second-order valence-electron chi connectivity index (χ2n) is 6.35. The second kappa shape index (κ2) is 7.75. The molecule has 1 amide bonds. The van der Waals surface area contributed by atoms with Crippen LogP contribution in [0.2, 0.25) is 0 Å². The monoisotopic (exact) mass is 340 g/mol. The normalized spacial score (nSPS) is 14.8. The molecule has 1 aliphatic rings. The number of thioether (sulfide) groups is 1. The molecule has 24 heavy (non-hydrogen) atoms. The molecule has 0 radical (unpaired) electrons. The van der Waals surface area contributed by atoms with E-state index >= 15 is 0 Å². The molecular formula is C20H24N2OS. The predicted octanol–water partition coefficient (Wildman–Crippen LogP) is 3.98. The van der Waals surface area contributed by atoms with Crippen molar-refractivity contribution in [3.8, 4) is 0 Å². The lowest BCUT2D eigenvalue weighted by Gasteiger charge is -2.27. The Hall–Kier alpha value is -1.94. The fourth-order valence-corrected chi connectivity index (χ4v) is 4.01. The molecule has 4 heteroatoms. The number of carbonyl (C=O) groups is 1. The maximum absolute atomic E-state index is 12.5. The molecule has 0 fully saturated rings. The van der Waals surface area contributed by atoms with Crippen molar-refractivity contribution in [2.75, 3.05) is 24.2 Å². The van der Waals surface area contributed by atoms with Crippen LogP contribution in [0.5, 0.6) is 0 Å². The summed E-state index contributed by atoms with van der Waals surface area (Å²) in [6, 6.07) is 16.6. The van der Waals surface area contributed by atoms with E-state index in [0.717, 1.165) is 36.4 Å². The molecule has 0 saturated carbocycles. The lowest BCUT2D eigenvalue weighted by molar-refractivity contribution is 0.0938. The summed E-state index contributed by atoms with van der Waals surface area (Å²) in [6.07, 6.45) is 1.92. The van der Waals surface area contributed by atoms with E-state index in [1.165, 1.54) is 10.5 Å². The molecule has 3 rings (SSSR count). The summed E-state index contributed by atoms with van der Waals surface area (Å²) < 4.78 is 0. The third-order valence-corrected chi connectivity index (χ3v) is 5.45. The summed E-state index contributed by atoms with van der Waals surface area (Å²) in [6.45, 7) is 3.09. The van der Waals surface area contributed by atoms with Gasteiger partial charge in [-0.25, -0.2) is 0 Å². The third kappa shape index (κ3) is 4.12. The van der Waals surface area contributed by atoms with E-state index in [2.05, 4.69) is 54.5 Å². The van der Waals surface area contributed by atoms with E-state index in [0.29, 0.717) is 0 Å². The third-order valence-electron chi connectivity index (χ3n) is 4.40. The van der Waals surface area contributed by atoms with Gasteiger partial charge < -0.3 is 10.2 Å². The van der Waals surface area contributed by atoms with Crippen LogP contribution >= 0.6 is 11.8 Å². The van der Waals surface area contributed by atoms with Crippen molar-refractivity contribution in [3.63, 3.8) is 0 Å². The fraction of sp³-hybridized carbons (Fsp3) is 0.350. The van der Waals surface area contributed by atoms with Gasteiger partial charge >= 0.3 is 0 Å². The zero-order valence-electron chi connectivity index (χ0n) is 14.3. The smallest absolute Gasteiger partial charge is 0.251 e. The van der Waals surface area contributed by atoms with Crippen LogP contribution in [-0.4, -0.2) is 31.3 Å². The van der Waals surface area contributed by atoms with Gasteiger partial charge in [-0.2, -0.15) is 0 Å². The van der Waals surface area contributed by atoms with Crippen LogP contribution in [0.15, 0.2) is 53.4 Å². The van der Waals surface area contributed by atoms with Crippen LogP contribution in [0.4, 0.5) is 5.69 Å². The highest BCUT2D eigenvalue weighted by Crippen LogP contribution is 2.34. The molecule has 1 aliphatic heterocycles. The lowest BCUT2D eigenvalue weighted by Crippen LogP contribution is -2.33. The van der Waals surface area contributed by atoms with Crippen LogP contribution in [0.1, 0.15) is 29.3 Å². The maximum atomic E-state index is 12.5. The maximum Gasteiger partial charge on any atom is 0.251 e. The van der Waals surface area contributed by atoms with Crippen molar-refractivity contribution in [2.24, 2.45) is 0 Å². The zero-order chi connectivity index (χ0) is 16.9. The number of nitrogens with one attached hydrogen (secondary N) is 1. The highest BCUT2D eigenvalue weighted by Gasteiger charge is 2.17. The Bertz CT molecular complexity index is 702. The summed E-state index contributed by atoms with van der Waals surface area (Å²) >= 11 is 1.86. The largest absolute Gasteiger partial charge is 0.373 e. The Morgan fingerprint density at radius 1 is 1.25 bits per heavy atom. The Balaban J connectivity index is 1.59. The van der Waals surface area contributed by atoms with Crippen LogP contribution in [0.25, 0.3) is 0 Å². The minimum absolute atomic E-state index is 0.0161. The van der Waals surface area contributed by atoms with Crippen LogP contribution in [0.3, 0.4) is 0 Å². The van der Waals surface area contributed by atoms with Crippen molar-refractivity contribution >= 4 is 23.4 Å². The van der Waals surface area contributed by atoms with Crippen molar-refractivity contribution in [3.05, 3.63) is 59.7 Å². The van der Waals surface area contributed by atoms with Gasteiger partial charge in [-0.15, -0.1) is 11.8 Å². The molecule has 1 heterocycles. The average Bonchev–Trinajstić information content (AvgIpc) is 2.61. The minimum Gasteiger partial charge on any atom is -0.373 e. The molecule has 0 aromatic heterocycles. The van der Waals surface area contributed by atoms with Crippen LogP contribution in [0, 0.1) is 0 Å². The first-order chi connectivity index (χ1) is 11.6. The Labute approximate surface area is 148 Å². The summed E-state index contributed by atoms with van der Waals surface area (Å²) in [5, 5.41) is 3.12. The molecule has 126 valence electrons. The average molecular weight is 340 g/mol. The molecule has 0 bridgehead atoms. The fourth-order valence-electron chi connectivity index (χ4n) is 2.90. The molecule has 1 N–H and O–H groups in total. The van der Waals surface area contributed by atoms with Gasteiger partial charge in [0.1, 0.15) is 0 Å². The molecule has 0 aliphatic carbocycles. The number of fused-ring (bicyclic) bond motifs is 1. The van der Waals surface area contributed by atoms with E-state index < -0.39 is 0 Å². The number of amides is 1. The van der Waals surface area contributed by atoms with Crippen LogP contribution < -0.4 is 10.2 Å². The molecule has 2 aromatic carbocycles. The first kappa shape index (κ1) is 16.9. The first-order valence-corrected chi connectivity index (χ1v) is 9.45. The topological polar surface area (TPSA) is 32.3 Å². The van der Waals surface area contributed by atoms with Gasteiger partial charge in [0.2, 0.25) is 0 Å². The number of benzene rings is 2. The van der Waals surface area contributed by atoms with Gasteiger partial charge in [-0.1, -0.05) is 30.3 Å². The molecule has 0 spiro atoms. The highest BCUT2D eigenvalue weighted by atomic mass is 32.2. The summed E-state index contributed by atoms with van der Waals surface area (Å²) in [4.78, 5) is 16.0. The van der Waals surface area contributed by atoms with E-state index in [1.54, 1.807) is 0 Å². The van der Waals surface area contributed by atoms with Crippen molar-refractivity contribution < 1.29 is 4.79 Å². The Morgan fingerprint density at radius 3 is 2.83 bits per heavy atom. The first-order valence-electron chi connectivity index (χ1n) is 8.46. The summed E-state index contributed by atoms with van der Waals surface area (Å²) in [7, 11) is 2.09. The lowest BCUT2D eigenvalue weighted by atomic mass is 10.1. The minimum atomic E-state index is 0.0161. The van der Waals surface area contributed by atoms with E-state index in [1.807, 2.05) is 30.0 Å². The van der Waals surface area contributed by atoms with Crippen LogP contribution in [-0.2, 0) is 6.42 Å². The summed E-state index contributed by atoms with van der Waals surface area (Å²) in [5.41, 5.74) is 3.22. The number of hydrogen-bond donors (Lipinski definition) is 1.